The number of esters is 1. The molecule has 3 aromatic rings. The van der Waals surface area contributed by atoms with Gasteiger partial charge in [0.05, 0.1) is 4.92 Å². The molecule has 0 amide bonds. The van der Waals surface area contributed by atoms with Crippen molar-refractivity contribution >= 4 is 40.9 Å². The van der Waals surface area contributed by atoms with Gasteiger partial charge in [0, 0.05) is 41.5 Å². The molecule has 1 aliphatic heterocycles. The molecule has 8 heteroatoms. The van der Waals surface area contributed by atoms with E-state index in [0.717, 1.165) is 24.3 Å². The fraction of sp³-hybridized carbons (Fsp3) is 0.120. The number of aliphatic imine (C=N–C) groups is 1. The first kappa shape index (κ1) is 22.2. The number of ether oxygens (including phenoxy) is 1. The monoisotopic (exact) mass is 461 g/mol. The van der Waals surface area contributed by atoms with Crippen LogP contribution in [0.4, 0.5) is 11.4 Å². The highest BCUT2D eigenvalue weighted by Crippen LogP contribution is 2.26. The van der Waals surface area contributed by atoms with Crippen molar-refractivity contribution < 1.29 is 14.5 Å². The number of nitro benzene ring substituents is 1. The fourth-order valence-corrected chi connectivity index (χ4v) is 3.69. The summed E-state index contributed by atoms with van der Waals surface area (Å²) in [6, 6.07) is 22.0. The minimum atomic E-state index is -0.629. The predicted molar refractivity (Wildman–Crippen MR) is 128 cm³/mol. The summed E-state index contributed by atoms with van der Waals surface area (Å²) in [6.45, 7) is 3.74. The number of halogens is 1. The van der Waals surface area contributed by atoms with Crippen LogP contribution in [0.1, 0.15) is 23.6 Å². The average Bonchev–Trinajstić information content (AvgIpc) is 3.18. The minimum Gasteiger partial charge on any atom is -0.402 e. The second kappa shape index (κ2) is 9.67. The first-order valence-electron chi connectivity index (χ1n) is 10.3. The molecule has 0 aromatic heterocycles. The van der Waals surface area contributed by atoms with Crippen molar-refractivity contribution in [1.29, 1.82) is 0 Å². The number of nitro groups is 1. The highest BCUT2D eigenvalue weighted by atomic mass is 35.5. The van der Waals surface area contributed by atoms with Crippen LogP contribution in [-0.2, 0) is 16.1 Å². The van der Waals surface area contributed by atoms with Crippen molar-refractivity contribution in [2.75, 3.05) is 11.4 Å². The molecule has 0 fully saturated rings. The van der Waals surface area contributed by atoms with Gasteiger partial charge in [-0.15, -0.1) is 0 Å². The average molecular weight is 462 g/mol. The molecule has 166 valence electrons. The number of carbonyl (C=O) groups is 1. The Morgan fingerprint density at radius 3 is 2.48 bits per heavy atom. The SMILES string of the molecule is CCN(Cc1ccccc1)c1ccc(/C=C2/N=C(c3cc(Cl)cc([N+](=O)[O-])c3)OC2=O)cc1. The van der Waals surface area contributed by atoms with E-state index in [2.05, 4.69) is 28.9 Å². The highest BCUT2D eigenvalue weighted by Gasteiger charge is 2.26. The van der Waals surface area contributed by atoms with Crippen molar-refractivity contribution in [3.63, 3.8) is 0 Å². The van der Waals surface area contributed by atoms with Crippen LogP contribution in [0.15, 0.2) is 83.5 Å². The number of carbonyl (C=O) groups excluding carboxylic acids is 1. The van der Waals surface area contributed by atoms with Gasteiger partial charge in [0.15, 0.2) is 5.70 Å². The van der Waals surface area contributed by atoms with Gasteiger partial charge in [-0.25, -0.2) is 9.79 Å². The number of hydrogen-bond acceptors (Lipinski definition) is 6. The second-order valence-electron chi connectivity index (χ2n) is 7.38. The summed E-state index contributed by atoms with van der Waals surface area (Å²) in [5.41, 5.74) is 3.23. The van der Waals surface area contributed by atoms with E-state index in [1.807, 2.05) is 42.5 Å². The van der Waals surface area contributed by atoms with Crippen LogP contribution in [0.2, 0.25) is 5.02 Å². The zero-order valence-corrected chi connectivity index (χ0v) is 18.5. The van der Waals surface area contributed by atoms with Crippen LogP contribution in [0, 0.1) is 10.1 Å². The van der Waals surface area contributed by atoms with Gasteiger partial charge in [0.2, 0.25) is 5.90 Å². The summed E-state index contributed by atoms with van der Waals surface area (Å²) in [5, 5.41) is 11.2. The number of nitrogens with zero attached hydrogens (tertiary/aromatic N) is 3. The zero-order valence-electron chi connectivity index (χ0n) is 17.8. The Hall–Kier alpha value is -3.97. The molecule has 0 saturated carbocycles. The van der Waals surface area contributed by atoms with Crippen molar-refractivity contribution in [2.24, 2.45) is 4.99 Å². The fourth-order valence-electron chi connectivity index (χ4n) is 3.46. The summed E-state index contributed by atoms with van der Waals surface area (Å²) < 4.78 is 5.22. The smallest absolute Gasteiger partial charge is 0.363 e. The lowest BCUT2D eigenvalue weighted by atomic mass is 10.1. The summed E-state index contributed by atoms with van der Waals surface area (Å²) in [4.78, 5) is 29.3. The molecule has 0 spiro atoms. The Labute approximate surface area is 195 Å². The van der Waals surface area contributed by atoms with Crippen LogP contribution in [0.5, 0.6) is 0 Å². The van der Waals surface area contributed by atoms with Crippen LogP contribution in [-0.4, -0.2) is 23.3 Å². The van der Waals surface area contributed by atoms with Crippen molar-refractivity contribution in [3.05, 3.63) is 110 Å². The van der Waals surface area contributed by atoms with Crippen LogP contribution >= 0.6 is 11.6 Å². The van der Waals surface area contributed by atoms with Gasteiger partial charge in [-0.1, -0.05) is 54.1 Å². The molecule has 0 saturated heterocycles. The third-order valence-corrected chi connectivity index (χ3v) is 5.34. The highest BCUT2D eigenvalue weighted by molar-refractivity contribution is 6.31. The van der Waals surface area contributed by atoms with E-state index < -0.39 is 10.9 Å². The third kappa shape index (κ3) is 5.27. The van der Waals surface area contributed by atoms with Gasteiger partial charge in [-0.3, -0.25) is 10.1 Å². The molecule has 7 nitrogen and oxygen atoms in total. The third-order valence-electron chi connectivity index (χ3n) is 5.12. The Bertz CT molecular complexity index is 1250. The lowest BCUT2D eigenvalue weighted by molar-refractivity contribution is -0.384. The van der Waals surface area contributed by atoms with Crippen molar-refractivity contribution in [2.45, 2.75) is 13.5 Å². The van der Waals surface area contributed by atoms with Crippen molar-refractivity contribution in [1.82, 2.24) is 0 Å². The van der Waals surface area contributed by atoms with Crippen LogP contribution < -0.4 is 4.90 Å². The topological polar surface area (TPSA) is 85.0 Å². The number of rotatable bonds is 7. The lowest BCUT2D eigenvalue weighted by Crippen LogP contribution is -2.21. The van der Waals surface area contributed by atoms with E-state index >= 15 is 0 Å². The van der Waals surface area contributed by atoms with Gasteiger partial charge < -0.3 is 9.64 Å². The summed E-state index contributed by atoms with van der Waals surface area (Å²) in [6.07, 6.45) is 1.62. The number of anilines is 1. The van der Waals surface area contributed by atoms with Gasteiger partial charge >= 0.3 is 5.97 Å². The Balaban J connectivity index is 1.55. The standard InChI is InChI=1S/C25H20ClN3O4/c1-2-28(16-18-6-4-3-5-7-18)21-10-8-17(9-11-21)12-23-25(30)33-24(27-23)19-13-20(26)15-22(14-19)29(31)32/h3-15H,2,16H2,1H3/b23-12+. The summed E-state index contributed by atoms with van der Waals surface area (Å²) >= 11 is 5.96. The van der Waals surface area contributed by atoms with E-state index in [1.165, 1.54) is 23.8 Å². The van der Waals surface area contributed by atoms with E-state index in [9.17, 15) is 14.9 Å². The molecule has 0 atom stereocenters. The van der Waals surface area contributed by atoms with Gasteiger partial charge in [0.1, 0.15) is 0 Å². The van der Waals surface area contributed by atoms with E-state index in [4.69, 9.17) is 16.3 Å². The molecule has 0 bridgehead atoms. The largest absolute Gasteiger partial charge is 0.402 e. The molecular weight excluding hydrogens is 442 g/mol. The van der Waals surface area contributed by atoms with Gasteiger partial charge in [-0.2, -0.15) is 0 Å². The molecule has 33 heavy (non-hydrogen) atoms. The summed E-state index contributed by atoms with van der Waals surface area (Å²) in [7, 11) is 0. The van der Waals surface area contributed by atoms with Crippen LogP contribution in [0.3, 0.4) is 0 Å². The normalized spacial score (nSPS) is 14.2. The van der Waals surface area contributed by atoms with Gasteiger partial charge in [-0.05, 0) is 42.3 Å². The van der Waals surface area contributed by atoms with E-state index in [-0.39, 0.29) is 27.9 Å². The Morgan fingerprint density at radius 2 is 1.82 bits per heavy atom. The Morgan fingerprint density at radius 1 is 1.09 bits per heavy atom. The molecule has 0 aliphatic carbocycles. The van der Waals surface area contributed by atoms with E-state index in [1.54, 1.807) is 6.08 Å². The maximum Gasteiger partial charge on any atom is 0.363 e. The molecule has 0 radical (unpaired) electrons. The number of benzene rings is 3. The van der Waals surface area contributed by atoms with E-state index in [0.29, 0.717) is 0 Å². The summed E-state index contributed by atoms with van der Waals surface area (Å²) in [5.74, 6) is -0.649. The number of hydrogen-bond donors (Lipinski definition) is 0. The zero-order chi connectivity index (χ0) is 23.4. The quantitative estimate of drug-likeness (QED) is 0.197. The molecule has 0 N–H and O–H groups in total. The first-order chi connectivity index (χ1) is 15.9. The minimum absolute atomic E-state index is 0.0199. The van der Waals surface area contributed by atoms with Gasteiger partial charge in [0.25, 0.3) is 5.69 Å². The molecule has 0 unspecified atom stereocenters. The maximum atomic E-state index is 12.3. The molecule has 4 rings (SSSR count). The van der Waals surface area contributed by atoms with Crippen LogP contribution in [0.25, 0.3) is 6.08 Å². The maximum absolute atomic E-state index is 12.3. The predicted octanol–water partition coefficient (Wildman–Crippen LogP) is 5.62. The molecule has 1 heterocycles. The molecular formula is C25H20ClN3O4. The second-order valence-corrected chi connectivity index (χ2v) is 7.82. The first-order valence-corrected chi connectivity index (χ1v) is 10.7. The Kier molecular flexibility index (Phi) is 6.51. The lowest BCUT2D eigenvalue weighted by Gasteiger charge is -2.23. The number of cyclic esters (lactones) is 1. The molecule has 3 aromatic carbocycles. The number of non-ortho nitro benzene ring substituents is 1. The molecule has 1 aliphatic rings. The van der Waals surface area contributed by atoms with Crippen molar-refractivity contribution in [3.8, 4) is 0 Å².